The van der Waals surface area contributed by atoms with Crippen LogP contribution in [0.2, 0.25) is 0 Å². The molecule has 98 valence electrons. The van der Waals surface area contributed by atoms with Gasteiger partial charge in [0, 0.05) is 35.8 Å². The van der Waals surface area contributed by atoms with Gasteiger partial charge in [0.25, 0.3) is 0 Å². The molecule has 0 saturated carbocycles. The molecule has 0 N–H and O–H groups in total. The number of hydrogen-bond donors (Lipinski definition) is 0. The molecule has 0 aliphatic carbocycles. The third kappa shape index (κ3) is 3.20. The van der Waals surface area contributed by atoms with Crippen LogP contribution in [0, 0.1) is 12.8 Å². The van der Waals surface area contributed by atoms with Crippen LogP contribution in [0.3, 0.4) is 0 Å². The minimum absolute atomic E-state index is 0.0901. The van der Waals surface area contributed by atoms with Crippen molar-refractivity contribution in [3.05, 3.63) is 24.0 Å². The predicted molar refractivity (Wildman–Crippen MR) is 69.1 cm³/mol. The average molecular weight is 289 g/mol. The maximum absolute atomic E-state index is 11.8. The van der Waals surface area contributed by atoms with Crippen molar-refractivity contribution >= 4 is 31.3 Å². The van der Waals surface area contributed by atoms with Crippen molar-refractivity contribution in [3.63, 3.8) is 0 Å². The van der Waals surface area contributed by atoms with Crippen molar-refractivity contribution in [2.24, 2.45) is 5.92 Å². The van der Waals surface area contributed by atoms with Crippen molar-refractivity contribution in [2.75, 3.05) is 17.2 Å². The van der Waals surface area contributed by atoms with Gasteiger partial charge in [-0.2, -0.15) is 0 Å². The summed E-state index contributed by atoms with van der Waals surface area (Å²) in [6, 6.07) is 1.85. The number of anilines is 1. The fourth-order valence-corrected chi connectivity index (χ4v) is 3.43. The number of carbonyl (C=O) groups excluding carboxylic acids is 1. The molecule has 1 saturated heterocycles. The number of carbonyl (C=O) groups is 1. The van der Waals surface area contributed by atoms with Crippen molar-refractivity contribution in [1.29, 1.82) is 0 Å². The maximum Gasteiger partial charge on any atom is 0.232 e. The zero-order valence-corrected chi connectivity index (χ0v) is 11.4. The van der Waals surface area contributed by atoms with Crippen LogP contribution in [-0.4, -0.2) is 31.6 Å². The van der Waals surface area contributed by atoms with Gasteiger partial charge in [0.15, 0.2) is 0 Å². The lowest BCUT2D eigenvalue weighted by atomic mass is 10.1. The highest BCUT2D eigenvalue weighted by Crippen LogP contribution is 2.26. The number of aryl methyl sites for hydroxylation is 1. The molecule has 1 unspecified atom stereocenters. The van der Waals surface area contributed by atoms with Gasteiger partial charge in [-0.3, -0.25) is 9.78 Å². The molecule has 1 aromatic heterocycles. The Labute approximate surface area is 110 Å². The van der Waals surface area contributed by atoms with E-state index in [1.807, 2.05) is 13.0 Å². The van der Waals surface area contributed by atoms with Crippen LogP contribution in [0.5, 0.6) is 0 Å². The molecule has 0 spiro atoms. The number of nitrogens with zero attached hydrogens (tertiary/aromatic N) is 2. The van der Waals surface area contributed by atoms with Crippen molar-refractivity contribution in [3.8, 4) is 0 Å². The van der Waals surface area contributed by atoms with Gasteiger partial charge in [-0.05, 0) is 18.6 Å². The quantitative estimate of drug-likeness (QED) is 0.787. The molecule has 1 aliphatic heterocycles. The van der Waals surface area contributed by atoms with Crippen molar-refractivity contribution < 1.29 is 13.2 Å². The zero-order chi connectivity index (χ0) is 13.3. The molecule has 18 heavy (non-hydrogen) atoms. The highest BCUT2D eigenvalue weighted by Gasteiger charge is 2.33. The summed E-state index contributed by atoms with van der Waals surface area (Å²) in [6.45, 7) is 2.26. The van der Waals surface area contributed by atoms with Crippen LogP contribution in [0.15, 0.2) is 18.5 Å². The van der Waals surface area contributed by atoms with Gasteiger partial charge in [-0.25, -0.2) is 8.42 Å². The molecule has 1 aliphatic rings. The number of hydrogen-bond acceptors (Lipinski definition) is 4. The maximum atomic E-state index is 11.8. The molecule has 0 bridgehead atoms. The van der Waals surface area contributed by atoms with E-state index in [1.54, 1.807) is 17.3 Å². The summed E-state index contributed by atoms with van der Waals surface area (Å²) < 4.78 is 22.0. The summed E-state index contributed by atoms with van der Waals surface area (Å²) in [4.78, 5) is 17.4. The molecule has 1 atom stereocenters. The van der Waals surface area contributed by atoms with E-state index in [0.29, 0.717) is 12.2 Å². The Balaban J connectivity index is 2.15. The molecule has 1 fully saturated rings. The van der Waals surface area contributed by atoms with Crippen LogP contribution in [0.25, 0.3) is 0 Å². The number of pyridine rings is 1. The summed E-state index contributed by atoms with van der Waals surface area (Å²) in [5, 5.41) is 0. The smallest absolute Gasteiger partial charge is 0.232 e. The average Bonchev–Trinajstić information content (AvgIpc) is 2.56. The van der Waals surface area contributed by atoms with E-state index >= 15 is 0 Å². The first-order valence-electron chi connectivity index (χ1n) is 5.49. The summed E-state index contributed by atoms with van der Waals surface area (Å²) >= 11 is 0. The molecule has 2 heterocycles. The van der Waals surface area contributed by atoms with E-state index < -0.39 is 9.05 Å². The Morgan fingerprint density at radius 2 is 2.22 bits per heavy atom. The Morgan fingerprint density at radius 3 is 2.83 bits per heavy atom. The Morgan fingerprint density at radius 1 is 1.50 bits per heavy atom. The molecule has 1 amide bonds. The van der Waals surface area contributed by atoms with Crippen molar-refractivity contribution in [2.45, 2.75) is 13.3 Å². The van der Waals surface area contributed by atoms with Crippen LogP contribution in [0.4, 0.5) is 5.69 Å². The van der Waals surface area contributed by atoms with E-state index in [1.165, 1.54) is 0 Å². The van der Waals surface area contributed by atoms with Gasteiger partial charge in [0.05, 0.1) is 17.6 Å². The normalized spacial score (nSPS) is 20.4. The summed E-state index contributed by atoms with van der Waals surface area (Å²) in [6.07, 6.45) is 3.51. The SMILES string of the molecule is Cc1cncc(N2CC(CS(=O)(=O)Cl)CC2=O)c1. The molecule has 0 radical (unpaired) electrons. The standard InChI is InChI=1S/C11H13ClN2O3S/c1-8-2-10(5-13-4-8)14-6-9(3-11(14)15)7-18(12,16)17/h2,4-5,9H,3,6-7H2,1H3. The second-order valence-electron chi connectivity index (χ2n) is 4.50. The first-order valence-corrected chi connectivity index (χ1v) is 7.97. The lowest BCUT2D eigenvalue weighted by molar-refractivity contribution is -0.117. The monoisotopic (exact) mass is 288 g/mol. The summed E-state index contributed by atoms with van der Waals surface area (Å²) in [5.41, 5.74) is 1.66. The topological polar surface area (TPSA) is 67.3 Å². The molecule has 2 rings (SSSR count). The van der Waals surface area contributed by atoms with Gasteiger partial charge in [0.2, 0.25) is 15.0 Å². The Kier molecular flexibility index (Phi) is 3.59. The van der Waals surface area contributed by atoms with Gasteiger partial charge < -0.3 is 4.90 Å². The van der Waals surface area contributed by atoms with E-state index in [4.69, 9.17) is 10.7 Å². The third-order valence-corrected chi connectivity index (χ3v) is 4.06. The Bertz CT molecular complexity index is 573. The van der Waals surface area contributed by atoms with E-state index in [2.05, 4.69) is 4.98 Å². The lowest BCUT2D eigenvalue weighted by Crippen LogP contribution is -2.25. The van der Waals surface area contributed by atoms with E-state index in [-0.39, 0.29) is 24.0 Å². The predicted octanol–water partition coefficient (Wildman–Crippen LogP) is 1.31. The van der Waals surface area contributed by atoms with E-state index in [9.17, 15) is 13.2 Å². The molecule has 5 nitrogen and oxygen atoms in total. The van der Waals surface area contributed by atoms with Gasteiger partial charge in [-0.1, -0.05) is 0 Å². The molecule has 1 aromatic rings. The summed E-state index contributed by atoms with van der Waals surface area (Å²) in [7, 11) is 1.64. The summed E-state index contributed by atoms with van der Waals surface area (Å²) in [5.74, 6) is -0.510. The largest absolute Gasteiger partial charge is 0.311 e. The number of amides is 1. The molecule has 0 aromatic carbocycles. The fraction of sp³-hybridized carbons (Fsp3) is 0.455. The fourth-order valence-electron chi connectivity index (χ4n) is 2.11. The first kappa shape index (κ1) is 13.3. The van der Waals surface area contributed by atoms with Crippen LogP contribution in [-0.2, 0) is 13.8 Å². The highest BCUT2D eigenvalue weighted by molar-refractivity contribution is 8.13. The third-order valence-electron chi connectivity index (χ3n) is 2.81. The number of aromatic nitrogens is 1. The second kappa shape index (κ2) is 4.85. The number of rotatable bonds is 3. The van der Waals surface area contributed by atoms with Crippen LogP contribution < -0.4 is 4.90 Å². The van der Waals surface area contributed by atoms with Gasteiger partial charge in [-0.15, -0.1) is 0 Å². The van der Waals surface area contributed by atoms with Gasteiger partial charge in [0.1, 0.15) is 0 Å². The molecule has 7 heteroatoms. The second-order valence-corrected chi connectivity index (χ2v) is 7.32. The Hall–Kier alpha value is -1.14. The van der Waals surface area contributed by atoms with Crippen LogP contribution >= 0.6 is 10.7 Å². The van der Waals surface area contributed by atoms with Crippen LogP contribution in [0.1, 0.15) is 12.0 Å². The van der Waals surface area contributed by atoms with Gasteiger partial charge >= 0.3 is 0 Å². The van der Waals surface area contributed by atoms with Crippen molar-refractivity contribution in [1.82, 2.24) is 4.98 Å². The minimum Gasteiger partial charge on any atom is -0.311 e. The highest BCUT2D eigenvalue weighted by atomic mass is 35.7. The molecular formula is C11H13ClN2O3S. The van der Waals surface area contributed by atoms with E-state index in [0.717, 1.165) is 5.56 Å². The number of halogens is 1. The minimum atomic E-state index is -3.57. The lowest BCUT2D eigenvalue weighted by Gasteiger charge is -2.16. The first-order chi connectivity index (χ1) is 8.35. The molecular weight excluding hydrogens is 276 g/mol. The zero-order valence-electron chi connectivity index (χ0n) is 9.84.